The van der Waals surface area contributed by atoms with Gasteiger partial charge >= 0.3 is 0 Å². The van der Waals surface area contributed by atoms with Crippen LogP contribution in [0, 0.1) is 5.82 Å². The largest absolute Gasteiger partial charge is 0.399 e. The highest BCUT2D eigenvalue weighted by Crippen LogP contribution is 2.23. The highest BCUT2D eigenvalue weighted by molar-refractivity contribution is 5.81. The van der Waals surface area contributed by atoms with E-state index in [-0.39, 0.29) is 11.7 Å². The highest BCUT2D eigenvalue weighted by Gasteiger charge is 2.28. The summed E-state index contributed by atoms with van der Waals surface area (Å²) in [4.78, 5) is 18.0. The van der Waals surface area contributed by atoms with Crippen molar-refractivity contribution in [2.24, 2.45) is 0 Å². The molecule has 2 saturated heterocycles. The van der Waals surface area contributed by atoms with Gasteiger partial charge in [0, 0.05) is 51.5 Å². The van der Waals surface area contributed by atoms with Crippen LogP contribution in [-0.4, -0.2) is 85.9 Å². The minimum atomic E-state index is -1.03. The van der Waals surface area contributed by atoms with E-state index in [9.17, 15) is 14.3 Å². The van der Waals surface area contributed by atoms with E-state index in [1.807, 2.05) is 9.80 Å². The second-order valence-electron chi connectivity index (χ2n) is 6.45. The molecular formula is C17H25FN4O3. The van der Waals surface area contributed by atoms with Crippen LogP contribution in [0.15, 0.2) is 18.2 Å². The standard InChI is InChI=1S/C17H25FN4O3/c18-14-11-13(19)1-2-15(14)21-3-5-22(6-4-21)17(24)16(23)12-20-7-9-25-10-8-20/h1-2,11,16,23H,3-10,12,19H2. The highest BCUT2D eigenvalue weighted by atomic mass is 19.1. The molecule has 1 amide bonds. The Balaban J connectivity index is 1.51. The van der Waals surface area contributed by atoms with Gasteiger partial charge in [0.2, 0.25) is 0 Å². The fraction of sp³-hybridized carbons (Fsp3) is 0.588. The first-order valence-corrected chi connectivity index (χ1v) is 8.61. The van der Waals surface area contributed by atoms with Gasteiger partial charge in [0.05, 0.1) is 18.9 Å². The predicted octanol–water partition coefficient (Wildman–Crippen LogP) is -0.250. The summed E-state index contributed by atoms with van der Waals surface area (Å²) in [5.41, 5.74) is 6.46. The lowest BCUT2D eigenvalue weighted by Crippen LogP contribution is -2.54. The fourth-order valence-corrected chi connectivity index (χ4v) is 3.26. The lowest BCUT2D eigenvalue weighted by Gasteiger charge is -2.37. The van der Waals surface area contributed by atoms with E-state index in [1.54, 1.807) is 17.0 Å². The first-order chi connectivity index (χ1) is 12.0. The number of carbonyl (C=O) groups excluding carboxylic acids is 1. The number of hydrogen-bond donors (Lipinski definition) is 2. The zero-order chi connectivity index (χ0) is 17.8. The van der Waals surface area contributed by atoms with Gasteiger partial charge in [0.1, 0.15) is 11.9 Å². The summed E-state index contributed by atoms with van der Waals surface area (Å²) in [5.74, 6) is -0.615. The molecule has 2 fully saturated rings. The summed E-state index contributed by atoms with van der Waals surface area (Å²) in [5, 5.41) is 10.2. The molecule has 2 heterocycles. The summed E-state index contributed by atoms with van der Waals surface area (Å²) in [6.07, 6.45) is -1.03. The maximum absolute atomic E-state index is 14.0. The van der Waals surface area contributed by atoms with E-state index in [2.05, 4.69) is 0 Å². The maximum Gasteiger partial charge on any atom is 0.252 e. The van der Waals surface area contributed by atoms with Crippen LogP contribution in [0.25, 0.3) is 0 Å². The molecular weight excluding hydrogens is 327 g/mol. The minimum Gasteiger partial charge on any atom is -0.399 e. The van der Waals surface area contributed by atoms with Gasteiger partial charge in [0.25, 0.3) is 5.91 Å². The quantitative estimate of drug-likeness (QED) is 0.728. The number of nitrogens with zero attached hydrogens (tertiary/aromatic N) is 3. The number of piperazine rings is 1. The number of aliphatic hydroxyl groups is 1. The Bertz CT molecular complexity index is 602. The maximum atomic E-state index is 14.0. The van der Waals surface area contributed by atoms with Crippen LogP contribution in [0.3, 0.4) is 0 Å². The number of carbonyl (C=O) groups is 1. The second kappa shape index (κ2) is 7.99. The van der Waals surface area contributed by atoms with Crippen molar-refractivity contribution in [2.45, 2.75) is 6.10 Å². The first-order valence-electron chi connectivity index (χ1n) is 8.61. The van der Waals surface area contributed by atoms with Crippen molar-refractivity contribution < 1.29 is 19.0 Å². The Morgan fingerprint density at radius 1 is 1.20 bits per heavy atom. The molecule has 25 heavy (non-hydrogen) atoms. The van der Waals surface area contributed by atoms with Crippen LogP contribution in [-0.2, 0) is 9.53 Å². The number of aliphatic hydroxyl groups excluding tert-OH is 1. The SMILES string of the molecule is Nc1ccc(N2CCN(C(=O)C(O)CN3CCOCC3)CC2)c(F)c1. The molecule has 0 aliphatic carbocycles. The van der Waals surface area contributed by atoms with Crippen molar-refractivity contribution in [3.05, 3.63) is 24.0 Å². The third-order valence-corrected chi connectivity index (χ3v) is 4.72. The normalized spacial score (nSPS) is 20.6. The molecule has 0 spiro atoms. The van der Waals surface area contributed by atoms with Crippen molar-refractivity contribution >= 4 is 17.3 Å². The third-order valence-electron chi connectivity index (χ3n) is 4.72. The topological polar surface area (TPSA) is 82.3 Å². The molecule has 2 aliphatic rings. The Kier molecular flexibility index (Phi) is 5.72. The number of anilines is 2. The Labute approximate surface area is 146 Å². The lowest BCUT2D eigenvalue weighted by atomic mass is 10.2. The summed E-state index contributed by atoms with van der Waals surface area (Å²) in [6, 6.07) is 4.64. The fourth-order valence-electron chi connectivity index (χ4n) is 3.26. The summed E-state index contributed by atoms with van der Waals surface area (Å²) in [6.45, 7) is 5.02. The van der Waals surface area contributed by atoms with Crippen LogP contribution >= 0.6 is 0 Å². The lowest BCUT2D eigenvalue weighted by molar-refractivity contribution is -0.142. The van der Waals surface area contributed by atoms with E-state index in [4.69, 9.17) is 10.5 Å². The molecule has 2 aliphatic heterocycles. The van der Waals surface area contributed by atoms with Crippen LogP contribution in [0.5, 0.6) is 0 Å². The van der Waals surface area contributed by atoms with E-state index in [0.29, 0.717) is 57.3 Å². The molecule has 0 bridgehead atoms. The molecule has 0 aromatic heterocycles. The number of benzene rings is 1. The number of amides is 1. The van der Waals surface area contributed by atoms with Gasteiger partial charge in [-0.25, -0.2) is 4.39 Å². The van der Waals surface area contributed by atoms with Crippen molar-refractivity contribution in [1.82, 2.24) is 9.80 Å². The van der Waals surface area contributed by atoms with E-state index < -0.39 is 6.10 Å². The average molecular weight is 352 g/mol. The molecule has 0 radical (unpaired) electrons. The number of rotatable bonds is 4. The number of morpholine rings is 1. The number of β-amino-alcohol motifs (C(OH)–C–C–N with tert-alkyl or cyclic N) is 1. The molecule has 1 atom stereocenters. The van der Waals surface area contributed by atoms with Gasteiger partial charge in [-0.1, -0.05) is 0 Å². The molecule has 3 rings (SSSR count). The number of ether oxygens (including phenoxy) is 1. The van der Waals surface area contributed by atoms with Crippen LogP contribution in [0.1, 0.15) is 0 Å². The Morgan fingerprint density at radius 3 is 2.52 bits per heavy atom. The molecule has 1 aromatic carbocycles. The van der Waals surface area contributed by atoms with Crippen LogP contribution in [0.2, 0.25) is 0 Å². The van der Waals surface area contributed by atoms with Crippen LogP contribution < -0.4 is 10.6 Å². The van der Waals surface area contributed by atoms with Crippen molar-refractivity contribution in [1.29, 1.82) is 0 Å². The number of halogens is 1. The van der Waals surface area contributed by atoms with Crippen molar-refractivity contribution in [3.63, 3.8) is 0 Å². The number of nitrogen functional groups attached to an aromatic ring is 1. The molecule has 7 nitrogen and oxygen atoms in total. The van der Waals surface area contributed by atoms with E-state index >= 15 is 0 Å². The minimum absolute atomic E-state index is 0.260. The van der Waals surface area contributed by atoms with E-state index in [1.165, 1.54) is 6.07 Å². The smallest absolute Gasteiger partial charge is 0.252 e. The Morgan fingerprint density at radius 2 is 1.88 bits per heavy atom. The van der Waals surface area contributed by atoms with Crippen LogP contribution in [0.4, 0.5) is 15.8 Å². The summed E-state index contributed by atoms with van der Waals surface area (Å²) in [7, 11) is 0. The van der Waals surface area contributed by atoms with Gasteiger partial charge in [-0.2, -0.15) is 0 Å². The van der Waals surface area contributed by atoms with Crippen molar-refractivity contribution in [2.75, 3.05) is 69.7 Å². The zero-order valence-corrected chi connectivity index (χ0v) is 14.2. The van der Waals surface area contributed by atoms with Gasteiger partial charge in [-0.15, -0.1) is 0 Å². The van der Waals surface area contributed by atoms with E-state index in [0.717, 1.165) is 13.1 Å². The zero-order valence-electron chi connectivity index (χ0n) is 14.2. The first kappa shape index (κ1) is 17.9. The van der Waals surface area contributed by atoms with Gasteiger partial charge < -0.3 is 25.4 Å². The molecule has 0 saturated carbocycles. The molecule has 8 heteroatoms. The molecule has 138 valence electrons. The molecule has 1 unspecified atom stereocenters. The second-order valence-corrected chi connectivity index (χ2v) is 6.45. The monoisotopic (exact) mass is 352 g/mol. The van der Waals surface area contributed by atoms with Gasteiger partial charge in [-0.05, 0) is 18.2 Å². The van der Waals surface area contributed by atoms with Gasteiger partial charge in [0.15, 0.2) is 0 Å². The molecule has 3 N–H and O–H groups in total. The number of hydrogen-bond acceptors (Lipinski definition) is 6. The van der Waals surface area contributed by atoms with Gasteiger partial charge in [-0.3, -0.25) is 9.69 Å². The van der Waals surface area contributed by atoms with Crippen molar-refractivity contribution in [3.8, 4) is 0 Å². The Hall–Kier alpha value is -1.90. The number of nitrogens with two attached hydrogens (primary N) is 1. The average Bonchev–Trinajstić information content (AvgIpc) is 2.62. The summed E-state index contributed by atoms with van der Waals surface area (Å²) < 4.78 is 19.3. The summed E-state index contributed by atoms with van der Waals surface area (Å²) >= 11 is 0. The molecule has 1 aromatic rings. The predicted molar refractivity (Wildman–Crippen MR) is 92.9 cm³/mol. The third kappa shape index (κ3) is 4.39.